The van der Waals surface area contributed by atoms with Crippen LogP contribution in [0.15, 0.2) is 0 Å². The molecule has 2 heteroatoms. The van der Waals surface area contributed by atoms with Crippen molar-refractivity contribution in [2.24, 2.45) is 11.8 Å². The van der Waals surface area contributed by atoms with Crippen molar-refractivity contribution in [3.05, 3.63) is 0 Å². The third-order valence-corrected chi connectivity index (χ3v) is 4.05. The van der Waals surface area contributed by atoms with Crippen LogP contribution >= 0.6 is 0 Å². The molecule has 0 amide bonds. The fraction of sp³-hybridized carbons (Fsp3) is 1.00. The van der Waals surface area contributed by atoms with E-state index in [0.717, 1.165) is 17.9 Å². The standard InChI is InChI=1S/C14H30N2/c1-5-6-9-16(4)11-13-10-12(2)7-8-14(13)15-3/h12-15H,5-11H2,1-4H3. The first-order chi connectivity index (χ1) is 7.67. The Hall–Kier alpha value is -0.0800. The van der Waals surface area contributed by atoms with Crippen LogP contribution in [0.3, 0.4) is 0 Å². The number of nitrogens with one attached hydrogen (secondary N) is 1. The summed E-state index contributed by atoms with van der Waals surface area (Å²) >= 11 is 0. The Kier molecular flexibility index (Phi) is 6.37. The van der Waals surface area contributed by atoms with Gasteiger partial charge < -0.3 is 10.2 Å². The van der Waals surface area contributed by atoms with Crippen LogP contribution in [0.2, 0.25) is 0 Å². The highest BCUT2D eigenvalue weighted by atomic mass is 15.1. The molecule has 1 N–H and O–H groups in total. The molecule has 1 aliphatic rings. The first-order valence-corrected chi connectivity index (χ1v) is 7.03. The van der Waals surface area contributed by atoms with Crippen LogP contribution in [-0.4, -0.2) is 38.1 Å². The summed E-state index contributed by atoms with van der Waals surface area (Å²) < 4.78 is 0. The van der Waals surface area contributed by atoms with Gasteiger partial charge in [-0.05, 0) is 58.2 Å². The minimum Gasteiger partial charge on any atom is -0.317 e. The Bertz CT molecular complexity index is 182. The molecule has 3 unspecified atom stereocenters. The maximum atomic E-state index is 3.51. The zero-order chi connectivity index (χ0) is 12.0. The Morgan fingerprint density at radius 2 is 2.06 bits per heavy atom. The van der Waals surface area contributed by atoms with E-state index in [1.165, 1.54) is 45.2 Å². The third-order valence-electron chi connectivity index (χ3n) is 4.05. The predicted molar refractivity (Wildman–Crippen MR) is 71.8 cm³/mol. The number of rotatable bonds is 6. The lowest BCUT2D eigenvalue weighted by Gasteiger charge is -2.37. The maximum absolute atomic E-state index is 3.51. The van der Waals surface area contributed by atoms with E-state index in [4.69, 9.17) is 0 Å². The quantitative estimate of drug-likeness (QED) is 0.749. The molecule has 0 spiro atoms. The second-order valence-corrected chi connectivity index (χ2v) is 5.69. The molecule has 0 bridgehead atoms. The fourth-order valence-electron chi connectivity index (χ4n) is 3.00. The molecule has 0 radical (unpaired) electrons. The van der Waals surface area contributed by atoms with E-state index in [1.54, 1.807) is 0 Å². The van der Waals surface area contributed by atoms with Crippen molar-refractivity contribution in [3.8, 4) is 0 Å². The Labute approximate surface area is 102 Å². The topological polar surface area (TPSA) is 15.3 Å². The molecule has 96 valence electrons. The van der Waals surface area contributed by atoms with Crippen molar-refractivity contribution >= 4 is 0 Å². The van der Waals surface area contributed by atoms with Crippen LogP contribution in [0.1, 0.15) is 46.0 Å². The van der Waals surface area contributed by atoms with Gasteiger partial charge in [0.25, 0.3) is 0 Å². The molecular weight excluding hydrogens is 196 g/mol. The molecule has 3 atom stereocenters. The smallest absolute Gasteiger partial charge is 0.0105 e. The molecule has 1 fully saturated rings. The summed E-state index contributed by atoms with van der Waals surface area (Å²) in [7, 11) is 4.40. The van der Waals surface area contributed by atoms with E-state index in [-0.39, 0.29) is 0 Å². The van der Waals surface area contributed by atoms with Crippen molar-refractivity contribution in [2.75, 3.05) is 27.2 Å². The van der Waals surface area contributed by atoms with Crippen molar-refractivity contribution in [1.82, 2.24) is 10.2 Å². The number of hydrogen-bond donors (Lipinski definition) is 1. The summed E-state index contributed by atoms with van der Waals surface area (Å²) in [5, 5.41) is 3.51. The predicted octanol–water partition coefficient (Wildman–Crippen LogP) is 2.74. The van der Waals surface area contributed by atoms with E-state index in [1.807, 2.05) is 0 Å². The van der Waals surface area contributed by atoms with Crippen LogP contribution < -0.4 is 5.32 Å². The molecule has 0 saturated heterocycles. The van der Waals surface area contributed by atoms with Gasteiger partial charge in [0.1, 0.15) is 0 Å². The zero-order valence-corrected chi connectivity index (χ0v) is 11.6. The molecule has 1 aliphatic carbocycles. The molecule has 1 rings (SSSR count). The van der Waals surface area contributed by atoms with Gasteiger partial charge in [0.2, 0.25) is 0 Å². The highest BCUT2D eigenvalue weighted by molar-refractivity contribution is 4.84. The lowest BCUT2D eigenvalue weighted by atomic mass is 9.78. The van der Waals surface area contributed by atoms with Crippen LogP contribution in [0.5, 0.6) is 0 Å². The minimum atomic E-state index is 0.750. The Balaban J connectivity index is 2.36. The van der Waals surface area contributed by atoms with Gasteiger partial charge in [-0.1, -0.05) is 20.3 Å². The van der Waals surface area contributed by atoms with Gasteiger partial charge in [0, 0.05) is 12.6 Å². The molecule has 0 aliphatic heterocycles. The van der Waals surface area contributed by atoms with Crippen LogP contribution in [0.25, 0.3) is 0 Å². The van der Waals surface area contributed by atoms with Gasteiger partial charge in [0.05, 0.1) is 0 Å². The molecule has 0 aromatic heterocycles. The number of unbranched alkanes of at least 4 members (excludes halogenated alkanes) is 1. The highest BCUT2D eigenvalue weighted by Gasteiger charge is 2.27. The van der Waals surface area contributed by atoms with Crippen molar-refractivity contribution in [2.45, 2.75) is 52.0 Å². The molecule has 2 nitrogen and oxygen atoms in total. The average molecular weight is 226 g/mol. The van der Waals surface area contributed by atoms with E-state index in [9.17, 15) is 0 Å². The van der Waals surface area contributed by atoms with Gasteiger partial charge in [0.15, 0.2) is 0 Å². The monoisotopic (exact) mass is 226 g/mol. The summed E-state index contributed by atoms with van der Waals surface area (Å²) in [5.41, 5.74) is 0. The van der Waals surface area contributed by atoms with E-state index >= 15 is 0 Å². The van der Waals surface area contributed by atoms with E-state index in [0.29, 0.717) is 0 Å². The lowest BCUT2D eigenvalue weighted by Crippen LogP contribution is -2.43. The van der Waals surface area contributed by atoms with Crippen molar-refractivity contribution in [1.29, 1.82) is 0 Å². The van der Waals surface area contributed by atoms with Gasteiger partial charge in [-0.25, -0.2) is 0 Å². The van der Waals surface area contributed by atoms with Gasteiger partial charge >= 0.3 is 0 Å². The Morgan fingerprint density at radius 1 is 1.31 bits per heavy atom. The van der Waals surface area contributed by atoms with Crippen molar-refractivity contribution < 1.29 is 0 Å². The molecule has 0 aromatic carbocycles. The summed E-state index contributed by atoms with van der Waals surface area (Å²) in [4.78, 5) is 2.52. The van der Waals surface area contributed by atoms with Crippen LogP contribution in [0, 0.1) is 11.8 Å². The number of hydrogen-bond acceptors (Lipinski definition) is 2. The van der Waals surface area contributed by atoms with E-state index in [2.05, 4.69) is 38.2 Å². The van der Waals surface area contributed by atoms with Crippen molar-refractivity contribution in [3.63, 3.8) is 0 Å². The maximum Gasteiger partial charge on any atom is 0.0105 e. The van der Waals surface area contributed by atoms with E-state index < -0.39 is 0 Å². The van der Waals surface area contributed by atoms with Crippen LogP contribution in [0.4, 0.5) is 0 Å². The molecule has 0 heterocycles. The zero-order valence-electron chi connectivity index (χ0n) is 11.6. The summed E-state index contributed by atoms with van der Waals surface area (Å²) in [6.45, 7) is 7.21. The molecule has 16 heavy (non-hydrogen) atoms. The third kappa shape index (κ3) is 4.42. The molecular formula is C14H30N2. The SMILES string of the molecule is CCCCN(C)CC1CC(C)CCC1NC. The summed E-state index contributed by atoms with van der Waals surface area (Å²) in [5.74, 6) is 1.78. The highest BCUT2D eigenvalue weighted by Crippen LogP contribution is 2.29. The summed E-state index contributed by atoms with van der Waals surface area (Å²) in [6, 6.07) is 0.750. The van der Waals surface area contributed by atoms with Gasteiger partial charge in [-0.15, -0.1) is 0 Å². The number of nitrogens with zero attached hydrogens (tertiary/aromatic N) is 1. The fourth-order valence-corrected chi connectivity index (χ4v) is 3.00. The largest absolute Gasteiger partial charge is 0.317 e. The molecule has 0 aromatic rings. The normalized spacial score (nSPS) is 30.9. The van der Waals surface area contributed by atoms with Gasteiger partial charge in [-0.3, -0.25) is 0 Å². The average Bonchev–Trinajstić information content (AvgIpc) is 2.27. The minimum absolute atomic E-state index is 0.750. The van der Waals surface area contributed by atoms with Crippen LogP contribution in [-0.2, 0) is 0 Å². The first kappa shape index (κ1) is 14.0. The second-order valence-electron chi connectivity index (χ2n) is 5.69. The van der Waals surface area contributed by atoms with Gasteiger partial charge in [-0.2, -0.15) is 0 Å². The lowest BCUT2D eigenvalue weighted by molar-refractivity contribution is 0.164. The second kappa shape index (κ2) is 7.29. The molecule has 1 saturated carbocycles. The Morgan fingerprint density at radius 3 is 2.69 bits per heavy atom. The first-order valence-electron chi connectivity index (χ1n) is 7.03. The summed E-state index contributed by atoms with van der Waals surface area (Å²) in [6.07, 6.45) is 6.82.